The molecule has 4 N–H and O–H groups in total. The number of morpholine rings is 1. The van der Waals surface area contributed by atoms with Crippen LogP contribution in [0.15, 0.2) is 4.99 Å². The Labute approximate surface area is 136 Å². The number of hydrogen-bond acceptors (Lipinski definition) is 4. The number of rotatable bonds is 3. The average molecular weight is 398 g/mol. The second-order valence-corrected chi connectivity index (χ2v) is 5.05. The van der Waals surface area contributed by atoms with Crippen LogP contribution in [0.4, 0.5) is 0 Å². The third-order valence-electron chi connectivity index (χ3n) is 3.45. The first-order chi connectivity index (χ1) is 9.06. The van der Waals surface area contributed by atoms with Crippen molar-refractivity contribution in [2.24, 2.45) is 16.5 Å². The number of carbonyl (C=O) groups is 1. The van der Waals surface area contributed by atoms with Crippen molar-refractivity contribution in [3.8, 4) is 0 Å². The SMILES string of the molecule is CC1CN(C(N)=NCC2CCC(C(N)=O)O2)CCO1.I. The minimum Gasteiger partial charge on any atom is -0.375 e. The van der Waals surface area contributed by atoms with Gasteiger partial charge >= 0.3 is 0 Å². The van der Waals surface area contributed by atoms with Crippen LogP contribution in [0.3, 0.4) is 0 Å². The van der Waals surface area contributed by atoms with Gasteiger partial charge in [-0.2, -0.15) is 0 Å². The Morgan fingerprint density at radius 3 is 2.75 bits per heavy atom. The Morgan fingerprint density at radius 1 is 1.40 bits per heavy atom. The van der Waals surface area contributed by atoms with E-state index >= 15 is 0 Å². The van der Waals surface area contributed by atoms with Crippen LogP contribution < -0.4 is 11.5 Å². The molecular weight excluding hydrogens is 375 g/mol. The van der Waals surface area contributed by atoms with E-state index < -0.39 is 12.0 Å². The van der Waals surface area contributed by atoms with Crippen LogP contribution in [-0.4, -0.2) is 61.3 Å². The molecule has 116 valence electrons. The molecule has 0 bridgehead atoms. The Kier molecular flexibility index (Phi) is 6.96. The molecule has 0 spiro atoms. The fraction of sp³-hybridized carbons (Fsp3) is 0.833. The van der Waals surface area contributed by atoms with Crippen LogP contribution in [-0.2, 0) is 14.3 Å². The molecule has 2 aliphatic heterocycles. The number of nitrogens with two attached hydrogens (primary N) is 2. The summed E-state index contributed by atoms with van der Waals surface area (Å²) in [6.07, 6.45) is 1.11. The van der Waals surface area contributed by atoms with Gasteiger partial charge in [0.05, 0.1) is 25.4 Å². The number of halogens is 1. The molecule has 0 saturated carbocycles. The van der Waals surface area contributed by atoms with E-state index in [1.54, 1.807) is 0 Å². The van der Waals surface area contributed by atoms with Gasteiger partial charge < -0.3 is 25.8 Å². The first-order valence-electron chi connectivity index (χ1n) is 6.67. The molecular formula is C12H23IN4O3. The molecule has 8 heteroatoms. The predicted molar refractivity (Wildman–Crippen MR) is 86.0 cm³/mol. The smallest absolute Gasteiger partial charge is 0.246 e. The van der Waals surface area contributed by atoms with E-state index in [9.17, 15) is 4.79 Å². The number of hydrogen-bond donors (Lipinski definition) is 2. The lowest BCUT2D eigenvalue weighted by atomic mass is 10.2. The molecule has 0 aromatic carbocycles. The van der Waals surface area contributed by atoms with Crippen LogP contribution >= 0.6 is 24.0 Å². The van der Waals surface area contributed by atoms with Crippen molar-refractivity contribution < 1.29 is 14.3 Å². The minimum absolute atomic E-state index is 0. The van der Waals surface area contributed by atoms with Gasteiger partial charge in [0.15, 0.2) is 5.96 Å². The van der Waals surface area contributed by atoms with E-state index in [0.29, 0.717) is 25.5 Å². The Morgan fingerprint density at radius 2 is 2.15 bits per heavy atom. The third-order valence-corrected chi connectivity index (χ3v) is 3.45. The maximum Gasteiger partial charge on any atom is 0.246 e. The van der Waals surface area contributed by atoms with Gasteiger partial charge in [-0.1, -0.05) is 0 Å². The zero-order chi connectivity index (χ0) is 13.8. The Bertz CT molecular complexity index is 367. The molecule has 0 aromatic heterocycles. The highest BCUT2D eigenvalue weighted by Gasteiger charge is 2.29. The lowest BCUT2D eigenvalue weighted by molar-refractivity contribution is -0.128. The normalized spacial score (nSPS) is 30.9. The van der Waals surface area contributed by atoms with Crippen molar-refractivity contribution in [1.29, 1.82) is 0 Å². The zero-order valence-corrected chi connectivity index (χ0v) is 14.0. The number of primary amides is 1. The number of nitrogens with zero attached hydrogens (tertiary/aromatic N) is 2. The summed E-state index contributed by atoms with van der Waals surface area (Å²) in [6.45, 7) is 4.67. The second-order valence-electron chi connectivity index (χ2n) is 5.05. The van der Waals surface area contributed by atoms with E-state index in [1.807, 2.05) is 11.8 Å². The Hall–Kier alpha value is -0.610. The van der Waals surface area contributed by atoms with Crippen molar-refractivity contribution in [3.63, 3.8) is 0 Å². The third kappa shape index (κ3) is 4.74. The highest BCUT2D eigenvalue weighted by Crippen LogP contribution is 2.19. The molecule has 20 heavy (non-hydrogen) atoms. The molecule has 3 unspecified atom stereocenters. The van der Waals surface area contributed by atoms with Crippen LogP contribution in [0.25, 0.3) is 0 Å². The van der Waals surface area contributed by atoms with Crippen LogP contribution in [0.5, 0.6) is 0 Å². The maximum atomic E-state index is 11.0. The first kappa shape index (κ1) is 17.4. The van der Waals surface area contributed by atoms with Gasteiger partial charge in [-0.05, 0) is 19.8 Å². The molecule has 1 amide bonds. The Balaban J connectivity index is 0.00000200. The summed E-state index contributed by atoms with van der Waals surface area (Å²) >= 11 is 0. The summed E-state index contributed by atoms with van der Waals surface area (Å²) in [5, 5.41) is 0. The van der Waals surface area contributed by atoms with Crippen LogP contribution in [0, 0.1) is 0 Å². The fourth-order valence-electron chi connectivity index (χ4n) is 2.37. The van der Waals surface area contributed by atoms with Crippen molar-refractivity contribution >= 4 is 35.8 Å². The summed E-state index contributed by atoms with van der Waals surface area (Å²) in [6, 6.07) is 0. The van der Waals surface area contributed by atoms with E-state index in [0.717, 1.165) is 19.5 Å². The number of carbonyl (C=O) groups excluding carboxylic acids is 1. The van der Waals surface area contributed by atoms with E-state index in [4.69, 9.17) is 20.9 Å². The highest BCUT2D eigenvalue weighted by molar-refractivity contribution is 14.0. The van der Waals surface area contributed by atoms with Crippen molar-refractivity contribution in [2.75, 3.05) is 26.2 Å². The minimum atomic E-state index is -0.468. The molecule has 0 radical (unpaired) electrons. The zero-order valence-electron chi connectivity index (χ0n) is 11.7. The molecule has 0 aliphatic carbocycles. The predicted octanol–water partition coefficient (Wildman–Crippen LogP) is -0.327. The van der Waals surface area contributed by atoms with Gasteiger partial charge in [0.1, 0.15) is 6.10 Å². The lowest BCUT2D eigenvalue weighted by Crippen LogP contribution is -2.48. The van der Waals surface area contributed by atoms with Crippen LogP contribution in [0.1, 0.15) is 19.8 Å². The van der Waals surface area contributed by atoms with Gasteiger partial charge in [0.2, 0.25) is 5.91 Å². The second kappa shape index (κ2) is 7.99. The summed E-state index contributed by atoms with van der Waals surface area (Å²) < 4.78 is 10.9. The average Bonchev–Trinajstić information content (AvgIpc) is 2.85. The molecule has 2 saturated heterocycles. The number of amides is 1. The lowest BCUT2D eigenvalue weighted by Gasteiger charge is -2.31. The molecule has 2 fully saturated rings. The highest BCUT2D eigenvalue weighted by atomic mass is 127. The molecule has 3 atom stereocenters. The van der Waals surface area contributed by atoms with Crippen LogP contribution in [0.2, 0.25) is 0 Å². The number of ether oxygens (including phenoxy) is 2. The largest absolute Gasteiger partial charge is 0.375 e. The van der Waals surface area contributed by atoms with Gasteiger partial charge in [0, 0.05) is 13.1 Å². The standard InChI is InChI=1S/C12H22N4O3.HI/c1-8-7-16(4-5-18-8)12(14)15-6-9-2-3-10(19-9)11(13)17;/h8-10H,2-7H2,1H3,(H2,13,17)(H2,14,15);1H. The molecule has 0 aromatic rings. The van der Waals surface area contributed by atoms with Gasteiger partial charge in [0.25, 0.3) is 0 Å². The van der Waals surface area contributed by atoms with Crippen molar-refractivity contribution in [2.45, 2.75) is 38.1 Å². The summed E-state index contributed by atoms with van der Waals surface area (Å²) in [5.74, 6) is 0.114. The maximum absolute atomic E-state index is 11.0. The van der Waals surface area contributed by atoms with Gasteiger partial charge in [-0.25, -0.2) is 0 Å². The molecule has 2 aliphatic rings. The molecule has 7 nitrogen and oxygen atoms in total. The van der Waals surface area contributed by atoms with E-state index in [-0.39, 0.29) is 36.2 Å². The summed E-state index contributed by atoms with van der Waals surface area (Å²) in [7, 11) is 0. The summed E-state index contributed by atoms with van der Waals surface area (Å²) in [4.78, 5) is 17.3. The molecule has 2 rings (SSSR count). The van der Waals surface area contributed by atoms with Crippen molar-refractivity contribution in [1.82, 2.24) is 4.90 Å². The fourth-order valence-corrected chi connectivity index (χ4v) is 2.37. The summed E-state index contributed by atoms with van der Waals surface area (Å²) in [5.41, 5.74) is 11.2. The molecule has 2 heterocycles. The topological polar surface area (TPSA) is 103 Å². The quantitative estimate of drug-likeness (QED) is 0.385. The first-order valence-corrected chi connectivity index (χ1v) is 6.67. The van der Waals surface area contributed by atoms with Gasteiger partial charge in [-0.3, -0.25) is 9.79 Å². The number of guanidine groups is 1. The van der Waals surface area contributed by atoms with Gasteiger partial charge in [-0.15, -0.1) is 24.0 Å². The van der Waals surface area contributed by atoms with Crippen molar-refractivity contribution in [3.05, 3.63) is 0 Å². The monoisotopic (exact) mass is 398 g/mol. The van der Waals surface area contributed by atoms with E-state index in [1.165, 1.54) is 0 Å². The van der Waals surface area contributed by atoms with E-state index in [2.05, 4.69) is 4.99 Å². The number of aliphatic imine (C=N–C) groups is 1.